The Balaban J connectivity index is 2.27. The van der Waals surface area contributed by atoms with Crippen LogP contribution in [-0.2, 0) is 6.54 Å². The Morgan fingerprint density at radius 2 is 2.25 bits per heavy atom. The number of aryl methyl sites for hydroxylation is 1. The standard InChI is InChI=1S/C11H18IN3O/c1-2-5-13-6-3-4-7-15-9-14-8-10(12)11(15)16/h8-9,13H,2-7H2,1H3. The number of rotatable bonds is 7. The molecule has 0 amide bonds. The van der Waals surface area contributed by atoms with Crippen LogP contribution in [0, 0.1) is 3.57 Å². The van der Waals surface area contributed by atoms with Crippen LogP contribution in [0.3, 0.4) is 0 Å². The van der Waals surface area contributed by atoms with Crippen LogP contribution in [0.1, 0.15) is 26.2 Å². The molecule has 0 aliphatic heterocycles. The second-order valence-corrected chi connectivity index (χ2v) is 4.86. The van der Waals surface area contributed by atoms with Crippen LogP contribution >= 0.6 is 22.6 Å². The van der Waals surface area contributed by atoms with Crippen molar-refractivity contribution in [2.45, 2.75) is 32.7 Å². The molecule has 0 spiro atoms. The highest BCUT2D eigenvalue weighted by atomic mass is 127. The number of aromatic nitrogens is 2. The highest BCUT2D eigenvalue weighted by molar-refractivity contribution is 14.1. The van der Waals surface area contributed by atoms with Gasteiger partial charge in [-0.05, 0) is 54.9 Å². The summed E-state index contributed by atoms with van der Waals surface area (Å²) < 4.78 is 2.37. The van der Waals surface area contributed by atoms with E-state index < -0.39 is 0 Å². The van der Waals surface area contributed by atoms with Gasteiger partial charge < -0.3 is 5.32 Å². The summed E-state index contributed by atoms with van der Waals surface area (Å²) in [4.78, 5) is 15.6. The number of halogens is 1. The van der Waals surface area contributed by atoms with Gasteiger partial charge in [-0.1, -0.05) is 6.92 Å². The lowest BCUT2D eigenvalue weighted by molar-refractivity contribution is 0.552. The van der Waals surface area contributed by atoms with Crippen LogP contribution in [0.4, 0.5) is 0 Å². The molecule has 16 heavy (non-hydrogen) atoms. The molecule has 0 aliphatic carbocycles. The largest absolute Gasteiger partial charge is 0.317 e. The molecule has 5 heteroatoms. The van der Waals surface area contributed by atoms with E-state index in [0.29, 0.717) is 3.57 Å². The van der Waals surface area contributed by atoms with Gasteiger partial charge in [-0.25, -0.2) is 4.98 Å². The van der Waals surface area contributed by atoms with Gasteiger partial charge in [0.05, 0.1) is 9.90 Å². The molecule has 0 saturated heterocycles. The molecule has 0 unspecified atom stereocenters. The zero-order valence-corrected chi connectivity index (χ0v) is 11.7. The molecule has 90 valence electrons. The van der Waals surface area contributed by atoms with Crippen molar-refractivity contribution in [3.63, 3.8) is 0 Å². The average molecular weight is 335 g/mol. The average Bonchev–Trinajstić information content (AvgIpc) is 2.29. The van der Waals surface area contributed by atoms with Gasteiger partial charge in [0.25, 0.3) is 5.56 Å². The first-order valence-electron chi connectivity index (χ1n) is 5.66. The van der Waals surface area contributed by atoms with Gasteiger partial charge in [-0.2, -0.15) is 0 Å². The molecule has 0 fully saturated rings. The molecule has 1 N–H and O–H groups in total. The van der Waals surface area contributed by atoms with Gasteiger partial charge in [0, 0.05) is 12.7 Å². The fourth-order valence-electron chi connectivity index (χ4n) is 1.42. The van der Waals surface area contributed by atoms with Crippen LogP contribution in [0.5, 0.6) is 0 Å². The Morgan fingerprint density at radius 3 is 3.00 bits per heavy atom. The number of hydrogen-bond donors (Lipinski definition) is 1. The molecule has 1 aromatic rings. The molecule has 0 bridgehead atoms. The van der Waals surface area contributed by atoms with Crippen molar-refractivity contribution in [1.29, 1.82) is 0 Å². The van der Waals surface area contributed by atoms with Gasteiger partial charge in [0.15, 0.2) is 0 Å². The van der Waals surface area contributed by atoms with Crippen molar-refractivity contribution < 1.29 is 0 Å². The Hall–Kier alpha value is -0.430. The van der Waals surface area contributed by atoms with Crippen LogP contribution < -0.4 is 10.9 Å². The molecular weight excluding hydrogens is 317 g/mol. The van der Waals surface area contributed by atoms with Crippen molar-refractivity contribution in [1.82, 2.24) is 14.9 Å². The van der Waals surface area contributed by atoms with Crippen molar-refractivity contribution in [2.24, 2.45) is 0 Å². The molecule has 0 atom stereocenters. The maximum absolute atomic E-state index is 11.6. The van der Waals surface area contributed by atoms with E-state index in [0.717, 1.165) is 32.5 Å². The number of hydrogen-bond acceptors (Lipinski definition) is 3. The third kappa shape index (κ3) is 4.61. The van der Waals surface area contributed by atoms with E-state index in [1.165, 1.54) is 6.42 Å². The number of nitrogens with zero attached hydrogens (tertiary/aromatic N) is 2. The predicted molar refractivity (Wildman–Crippen MR) is 73.6 cm³/mol. The fourth-order valence-corrected chi connectivity index (χ4v) is 1.89. The van der Waals surface area contributed by atoms with Gasteiger partial charge in [0.1, 0.15) is 0 Å². The first-order chi connectivity index (χ1) is 7.75. The van der Waals surface area contributed by atoms with E-state index in [-0.39, 0.29) is 5.56 Å². The van der Waals surface area contributed by atoms with E-state index in [1.54, 1.807) is 17.1 Å². The normalized spacial score (nSPS) is 10.6. The Bertz CT molecular complexity index is 364. The quantitative estimate of drug-likeness (QED) is 0.609. The van der Waals surface area contributed by atoms with Crippen molar-refractivity contribution in [3.05, 3.63) is 26.4 Å². The van der Waals surface area contributed by atoms with Gasteiger partial charge >= 0.3 is 0 Å². The highest BCUT2D eigenvalue weighted by Gasteiger charge is 1.99. The second-order valence-electron chi connectivity index (χ2n) is 3.70. The molecule has 1 aromatic heterocycles. The SMILES string of the molecule is CCCNCCCCn1cncc(I)c1=O. The topological polar surface area (TPSA) is 46.9 Å². The van der Waals surface area contributed by atoms with Crippen molar-refractivity contribution in [2.75, 3.05) is 13.1 Å². The fraction of sp³-hybridized carbons (Fsp3) is 0.636. The molecule has 1 rings (SSSR count). The van der Waals surface area contributed by atoms with Gasteiger partial charge in [-0.3, -0.25) is 9.36 Å². The molecular formula is C11H18IN3O. The molecule has 1 heterocycles. The summed E-state index contributed by atoms with van der Waals surface area (Å²) in [5.74, 6) is 0. The summed E-state index contributed by atoms with van der Waals surface area (Å²) in [5.41, 5.74) is 0.0668. The van der Waals surface area contributed by atoms with E-state index in [9.17, 15) is 4.79 Å². The Labute approximate surface area is 110 Å². The summed E-state index contributed by atoms with van der Waals surface area (Å²) in [6.45, 7) is 5.02. The van der Waals surface area contributed by atoms with E-state index in [1.807, 2.05) is 22.6 Å². The van der Waals surface area contributed by atoms with Crippen molar-refractivity contribution >= 4 is 22.6 Å². The van der Waals surface area contributed by atoms with E-state index in [2.05, 4.69) is 17.2 Å². The molecule has 0 aromatic carbocycles. The highest BCUT2D eigenvalue weighted by Crippen LogP contribution is 1.95. The zero-order valence-electron chi connectivity index (χ0n) is 9.58. The molecule has 0 aliphatic rings. The maximum Gasteiger partial charge on any atom is 0.266 e. The van der Waals surface area contributed by atoms with Crippen LogP contribution in [0.2, 0.25) is 0 Å². The van der Waals surface area contributed by atoms with E-state index >= 15 is 0 Å². The summed E-state index contributed by atoms with van der Waals surface area (Å²) in [7, 11) is 0. The van der Waals surface area contributed by atoms with Gasteiger partial charge in [-0.15, -0.1) is 0 Å². The maximum atomic E-state index is 11.6. The monoisotopic (exact) mass is 335 g/mol. The number of nitrogens with one attached hydrogen (secondary N) is 1. The third-order valence-electron chi connectivity index (χ3n) is 2.29. The summed E-state index contributed by atoms with van der Waals surface area (Å²) in [5, 5.41) is 3.34. The summed E-state index contributed by atoms with van der Waals surface area (Å²) >= 11 is 2.02. The first-order valence-corrected chi connectivity index (χ1v) is 6.74. The van der Waals surface area contributed by atoms with Crippen LogP contribution in [-0.4, -0.2) is 22.6 Å². The molecule has 0 saturated carbocycles. The molecule has 0 radical (unpaired) electrons. The zero-order chi connectivity index (χ0) is 11.8. The lowest BCUT2D eigenvalue weighted by Gasteiger charge is -2.05. The molecule has 4 nitrogen and oxygen atoms in total. The minimum atomic E-state index is 0.0668. The van der Waals surface area contributed by atoms with Crippen molar-refractivity contribution in [3.8, 4) is 0 Å². The van der Waals surface area contributed by atoms with Crippen LogP contribution in [0.25, 0.3) is 0 Å². The Morgan fingerprint density at radius 1 is 1.44 bits per heavy atom. The lowest BCUT2D eigenvalue weighted by atomic mass is 10.3. The van der Waals surface area contributed by atoms with Gasteiger partial charge in [0.2, 0.25) is 0 Å². The second kappa shape index (κ2) is 7.78. The minimum Gasteiger partial charge on any atom is -0.317 e. The minimum absolute atomic E-state index is 0.0668. The van der Waals surface area contributed by atoms with E-state index in [4.69, 9.17) is 0 Å². The van der Waals surface area contributed by atoms with Crippen LogP contribution in [0.15, 0.2) is 17.3 Å². The predicted octanol–water partition coefficient (Wildman–Crippen LogP) is 1.63. The third-order valence-corrected chi connectivity index (χ3v) is 3.03. The number of unbranched alkanes of at least 4 members (excludes halogenated alkanes) is 1. The first kappa shape index (κ1) is 13.6. The smallest absolute Gasteiger partial charge is 0.266 e. The Kier molecular flexibility index (Phi) is 6.63. The summed E-state index contributed by atoms with van der Waals surface area (Å²) in [6.07, 6.45) is 6.49. The lowest BCUT2D eigenvalue weighted by Crippen LogP contribution is -2.23. The summed E-state index contributed by atoms with van der Waals surface area (Å²) in [6, 6.07) is 0.